The first kappa shape index (κ1) is 19.4. The smallest absolute Gasteiger partial charge is 0.408 e. The van der Waals surface area contributed by atoms with Crippen molar-refractivity contribution in [1.82, 2.24) is 4.90 Å². The average molecular weight is 362 g/mol. The topological polar surface area (TPSA) is 85.0 Å². The third-order valence-electron chi connectivity index (χ3n) is 3.80. The molecule has 6 nitrogen and oxygen atoms in total. The Kier molecular flexibility index (Phi) is 5.59. The lowest BCUT2D eigenvalue weighted by molar-refractivity contribution is 0.0956. The summed E-state index contributed by atoms with van der Waals surface area (Å²) in [5.74, 6) is 0.532. The number of nitrogen functional groups attached to an aromatic ring is 1. The molecule has 3 N–H and O–H groups in total. The lowest BCUT2D eigenvalue weighted by atomic mass is 10.0. The Morgan fingerprint density at radius 1 is 1.15 bits per heavy atom. The van der Waals surface area contributed by atoms with E-state index in [1.54, 1.807) is 45.0 Å². The van der Waals surface area contributed by atoms with Crippen LogP contribution in [0.25, 0.3) is 0 Å². The third-order valence-corrected chi connectivity index (χ3v) is 3.80. The molecule has 0 bridgehead atoms. The molecule has 0 fully saturated rings. The molecule has 0 spiro atoms. The molecule has 26 heavy (non-hydrogen) atoms. The monoisotopic (exact) mass is 362 g/mol. The SMILES string of the molecule is COc1cc(F)cc(Oc2ccc(N)c(CN(C(=O)O)C(C)(C)C)c2)c1. The summed E-state index contributed by atoms with van der Waals surface area (Å²) in [6, 6.07) is 8.95. The number of carboxylic acid groups (broad SMARTS) is 1. The van der Waals surface area contributed by atoms with Gasteiger partial charge in [0.1, 0.15) is 23.1 Å². The molecule has 0 atom stereocenters. The molecule has 140 valence electrons. The van der Waals surface area contributed by atoms with E-state index in [1.165, 1.54) is 24.1 Å². The zero-order valence-electron chi connectivity index (χ0n) is 15.2. The van der Waals surface area contributed by atoms with E-state index in [9.17, 15) is 14.3 Å². The van der Waals surface area contributed by atoms with Crippen LogP contribution in [0.2, 0.25) is 0 Å². The number of rotatable bonds is 5. The van der Waals surface area contributed by atoms with Crippen molar-refractivity contribution >= 4 is 11.8 Å². The number of carbonyl (C=O) groups is 1. The van der Waals surface area contributed by atoms with Gasteiger partial charge in [0, 0.05) is 29.4 Å². The summed E-state index contributed by atoms with van der Waals surface area (Å²) in [4.78, 5) is 12.8. The Bertz CT molecular complexity index is 803. The number of methoxy groups -OCH3 is 1. The van der Waals surface area contributed by atoms with Gasteiger partial charge in [0.05, 0.1) is 13.7 Å². The van der Waals surface area contributed by atoms with Crippen molar-refractivity contribution in [3.8, 4) is 17.2 Å². The molecule has 7 heteroatoms. The second kappa shape index (κ2) is 7.51. The van der Waals surface area contributed by atoms with E-state index in [-0.39, 0.29) is 12.3 Å². The molecule has 0 aliphatic heterocycles. The fourth-order valence-electron chi connectivity index (χ4n) is 2.39. The molecule has 1 amide bonds. The highest BCUT2D eigenvalue weighted by molar-refractivity contribution is 5.66. The van der Waals surface area contributed by atoms with Crippen LogP contribution in [0, 0.1) is 5.82 Å². The molecule has 2 aromatic rings. The minimum atomic E-state index is -1.04. The Morgan fingerprint density at radius 2 is 1.81 bits per heavy atom. The number of nitrogens with two attached hydrogens (primary N) is 1. The quantitative estimate of drug-likeness (QED) is 0.766. The molecule has 0 saturated heterocycles. The van der Waals surface area contributed by atoms with Gasteiger partial charge in [-0.2, -0.15) is 0 Å². The molecule has 0 aliphatic rings. The van der Waals surface area contributed by atoms with E-state index in [2.05, 4.69) is 0 Å². The molecule has 2 aromatic carbocycles. The van der Waals surface area contributed by atoms with Crippen LogP contribution in [0.4, 0.5) is 14.9 Å². The fraction of sp³-hybridized carbons (Fsp3) is 0.316. The Labute approximate surface area is 151 Å². The van der Waals surface area contributed by atoms with E-state index in [0.717, 1.165) is 0 Å². The van der Waals surface area contributed by atoms with Crippen LogP contribution in [0.5, 0.6) is 17.2 Å². The van der Waals surface area contributed by atoms with Crippen molar-refractivity contribution in [2.75, 3.05) is 12.8 Å². The number of nitrogens with zero attached hydrogens (tertiary/aromatic N) is 1. The molecule has 0 aliphatic carbocycles. The number of halogens is 1. The lowest BCUT2D eigenvalue weighted by Gasteiger charge is -2.33. The van der Waals surface area contributed by atoms with E-state index in [4.69, 9.17) is 15.2 Å². The minimum Gasteiger partial charge on any atom is -0.497 e. The van der Waals surface area contributed by atoms with Crippen LogP contribution < -0.4 is 15.2 Å². The van der Waals surface area contributed by atoms with Crippen LogP contribution in [0.1, 0.15) is 26.3 Å². The number of amides is 1. The minimum absolute atomic E-state index is 0.105. The number of hydrogen-bond acceptors (Lipinski definition) is 4. The third kappa shape index (κ3) is 4.78. The Morgan fingerprint density at radius 3 is 2.38 bits per heavy atom. The highest BCUT2D eigenvalue weighted by Gasteiger charge is 2.26. The molecule has 0 radical (unpaired) electrons. The first-order chi connectivity index (χ1) is 12.1. The summed E-state index contributed by atoms with van der Waals surface area (Å²) in [5, 5.41) is 9.45. The van der Waals surface area contributed by atoms with E-state index in [0.29, 0.717) is 22.7 Å². The highest BCUT2D eigenvalue weighted by Crippen LogP contribution is 2.30. The largest absolute Gasteiger partial charge is 0.497 e. The Hall–Kier alpha value is -2.96. The molecule has 2 rings (SSSR count). The van der Waals surface area contributed by atoms with Crippen LogP contribution in [-0.2, 0) is 6.54 Å². The van der Waals surface area contributed by atoms with E-state index in [1.807, 2.05) is 0 Å². The van der Waals surface area contributed by atoms with Gasteiger partial charge >= 0.3 is 6.09 Å². The van der Waals surface area contributed by atoms with Gasteiger partial charge in [-0.3, -0.25) is 4.90 Å². The van der Waals surface area contributed by atoms with Gasteiger partial charge in [0.2, 0.25) is 0 Å². The number of benzene rings is 2. The van der Waals surface area contributed by atoms with Gasteiger partial charge in [-0.1, -0.05) is 0 Å². The van der Waals surface area contributed by atoms with Crippen LogP contribution in [0.3, 0.4) is 0 Å². The molecular weight excluding hydrogens is 339 g/mol. The van der Waals surface area contributed by atoms with Gasteiger partial charge < -0.3 is 20.3 Å². The van der Waals surface area contributed by atoms with Gasteiger partial charge in [-0.15, -0.1) is 0 Å². The molecule has 0 heterocycles. The van der Waals surface area contributed by atoms with Crippen LogP contribution in [0.15, 0.2) is 36.4 Å². The van der Waals surface area contributed by atoms with Crippen molar-refractivity contribution in [2.45, 2.75) is 32.9 Å². The summed E-state index contributed by atoms with van der Waals surface area (Å²) < 4.78 is 24.3. The maximum atomic E-state index is 13.6. The normalized spacial score (nSPS) is 11.1. The van der Waals surface area contributed by atoms with Crippen molar-refractivity contribution in [1.29, 1.82) is 0 Å². The zero-order valence-corrected chi connectivity index (χ0v) is 15.2. The standard InChI is InChI=1S/C19H23FN2O4/c1-19(2,3)22(18(23)24)11-12-7-14(5-6-17(12)21)26-16-9-13(20)8-15(10-16)25-4/h5-10H,11,21H2,1-4H3,(H,23,24). The lowest BCUT2D eigenvalue weighted by Crippen LogP contribution is -2.44. The summed E-state index contributed by atoms with van der Waals surface area (Å²) in [6.07, 6.45) is -1.04. The highest BCUT2D eigenvalue weighted by atomic mass is 19.1. The zero-order chi connectivity index (χ0) is 19.5. The average Bonchev–Trinajstić information content (AvgIpc) is 2.53. The maximum Gasteiger partial charge on any atom is 0.408 e. The van der Waals surface area contributed by atoms with Crippen molar-refractivity contribution in [3.05, 3.63) is 47.8 Å². The number of ether oxygens (including phenoxy) is 2. The van der Waals surface area contributed by atoms with E-state index >= 15 is 0 Å². The summed E-state index contributed by atoms with van der Waals surface area (Å²) in [7, 11) is 1.44. The van der Waals surface area contributed by atoms with Gasteiger partial charge in [0.15, 0.2) is 0 Å². The van der Waals surface area contributed by atoms with Crippen molar-refractivity contribution < 1.29 is 23.8 Å². The molecular formula is C19H23FN2O4. The molecule has 0 aromatic heterocycles. The first-order valence-electron chi connectivity index (χ1n) is 8.01. The van der Waals surface area contributed by atoms with Gasteiger partial charge in [0.25, 0.3) is 0 Å². The predicted molar refractivity (Wildman–Crippen MR) is 97.2 cm³/mol. The van der Waals surface area contributed by atoms with Crippen LogP contribution >= 0.6 is 0 Å². The first-order valence-corrected chi connectivity index (χ1v) is 8.01. The number of anilines is 1. The summed E-state index contributed by atoms with van der Waals surface area (Å²) in [6.45, 7) is 5.51. The van der Waals surface area contributed by atoms with Gasteiger partial charge in [-0.05, 0) is 44.5 Å². The summed E-state index contributed by atoms with van der Waals surface area (Å²) >= 11 is 0. The molecule has 0 unspecified atom stereocenters. The van der Waals surface area contributed by atoms with Gasteiger partial charge in [-0.25, -0.2) is 9.18 Å². The Balaban J connectivity index is 2.29. The second-order valence-corrected chi connectivity index (χ2v) is 6.83. The fourth-order valence-corrected chi connectivity index (χ4v) is 2.39. The second-order valence-electron chi connectivity index (χ2n) is 6.83. The maximum absolute atomic E-state index is 13.6. The predicted octanol–water partition coefficient (Wildman–Crippen LogP) is 4.49. The number of hydrogen-bond donors (Lipinski definition) is 2. The summed E-state index contributed by atoms with van der Waals surface area (Å²) in [5.41, 5.74) is 6.45. The van der Waals surface area contributed by atoms with Crippen LogP contribution in [-0.4, -0.2) is 28.7 Å². The van der Waals surface area contributed by atoms with Crippen molar-refractivity contribution in [2.24, 2.45) is 0 Å². The van der Waals surface area contributed by atoms with Crippen molar-refractivity contribution in [3.63, 3.8) is 0 Å². The molecule has 0 saturated carbocycles. The van der Waals surface area contributed by atoms with E-state index < -0.39 is 17.4 Å².